The number of nitrogens with one attached hydrogen (secondary N) is 3. The molecule has 3 fully saturated rings. The van der Waals surface area contributed by atoms with Crippen LogP contribution >= 0.6 is 0 Å². The minimum atomic E-state index is -1.03. The molecule has 3 aliphatic rings. The van der Waals surface area contributed by atoms with Crippen LogP contribution in [0.2, 0.25) is 0 Å². The van der Waals surface area contributed by atoms with Crippen LogP contribution in [0.15, 0.2) is 47.3 Å². The maximum absolute atomic E-state index is 13.3. The molecule has 1 atom stereocenters. The van der Waals surface area contributed by atoms with Crippen molar-refractivity contribution in [3.8, 4) is 11.4 Å². The molecule has 8 heteroatoms. The van der Waals surface area contributed by atoms with E-state index in [2.05, 4.69) is 25.2 Å². The number of hydrogen-bond donors (Lipinski definition) is 4. The van der Waals surface area contributed by atoms with Gasteiger partial charge in [0.1, 0.15) is 11.4 Å². The molecule has 4 N–H and O–H groups in total. The number of piperidine rings is 3. The fourth-order valence-corrected chi connectivity index (χ4v) is 5.19. The van der Waals surface area contributed by atoms with E-state index in [-0.39, 0.29) is 17.2 Å². The molecule has 2 aromatic carbocycles. The number of benzene rings is 2. The highest BCUT2D eigenvalue weighted by atomic mass is 16.4. The largest absolute Gasteiger partial charge is 0.478 e. The van der Waals surface area contributed by atoms with E-state index in [0.717, 1.165) is 48.9 Å². The van der Waals surface area contributed by atoms with E-state index in [4.69, 9.17) is 0 Å². The van der Waals surface area contributed by atoms with E-state index in [9.17, 15) is 14.7 Å². The van der Waals surface area contributed by atoms with Gasteiger partial charge in [-0.25, -0.2) is 9.78 Å². The first kappa shape index (κ1) is 19.1. The zero-order valence-electron chi connectivity index (χ0n) is 17.4. The zero-order valence-corrected chi connectivity index (χ0v) is 17.4. The van der Waals surface area contributed by atoms with Gasteiger partial charge in [-0.1, -0.05) is 12.1 Å². The third-order valence-corrected chi connectivity index (χ3v) is 6.87. The van der Waals surface area contributed by atoms with Crippen molar-refractivity contribution in [2.75, 3.05) is 25.0 Å². The van der Waals surface area contributed by atoms with Crippen molar-refractivity contribution in [1.29, 1.82) is 0 Å². The van der Waals surface area contributed by atoms with Gasteiger partial charge in [0.05, 0.1) is 27.8 Å². The first-order chi connectivity index (χ1) is 15.6. The molecular weight excluding hydrogens is 406 g/mol. The SMILES string of the molecule is O=C(O)c1ccc2c(NC3CN4CCC3CC4)c(-c3nc4ccccc4[nH]3)c(=O)[nH]c2c1. The van der Waals surface area contributed by atoms with E-state index in [0.29, 0.717) is 28.5 Å². The van der Waals surface area contributed by atoms with Crippen LogP contribution in [0.5, 0.6) is 0 Å². The van der Waals surface area contributed by atoms with Gasteiger partial charge in [0.15, 0.2) is 0 Å². The van der Waals surface area contributed by atoms with Crippen LogP contribution in [-0.4, -0.2) is 56.6 Å². The van der Waals surface area contributed by atoms with Crippen molar-refractivity contribution in [3.05, 3.63) is 58.4 Å². The van der Waals surface area contributed by atoms with E-state index in [1.54, 1.807) is 12.1 Å². The van der Waals surface area contributed by atoms with Crippen LogP contribution in [0, 0.1) is 5.92 Å². The summed E-state index contributed by atoms with van der Waals surface area (Å²) < 4.78 is 0. The number of hydrogen-bond acceptors (Lipinski definition) is 5. The summed E-state index contributed by atoms with van der Waals surface area (Å²) in [6.07, 6.45) is 2.28. The second-order valence-electron chi connectivity index (χ2n) is 8.76. The Hall–Kier alpha value is -3.65. The van der Waals surface area contributed by atoms with Crippen LogP contribution in [0.3, 0.4) is 0 Å². The normalized spacial score (nSPS) is 22.4. The molecule has 5 heterocycles. The number of anilines is 1. The number of aromatic carboxylic acids is 1. The van der Waals surface area contributed by atoms with Crippen LogP contribution in [-0.2, 0) is 0 Å². The minimum absolute atomic E-state index is 0.137. The maximum atomic E-state index is 13.3. The highest BCUT2D eigenvalue weighted by molar-refractivity contribution is 6.02. The summed E-state index contributed by atoms with van der Waals surface area (Å²) >= 11 is 0. The molecular formula is C24H23N5O3. The van der Waals surface area contributed by atoms with Gasteiger partial charge in [0.2, 0.25) is 0 Å². The molecule has 2 bridgehead atoms. The number of rotatable bonds is 4. The number of para-hydroxylation sites is 2. The Morgan fingerprint density at radius 3 is 2.62 bits per heavy atom. The number of H-pyrrole nitrogens is 2. The smallest absolute Gasteiger partial charge is 0.335 e. The molecule has 3 aliphatic heterocycles. The van der Waals surface area contributed by atoms with E-state index >= 15 is 0 Å². The van der Waals surface area contributed by atoms with Crippen LogP contribution < -0.4 is 10.9 Å². The quantitative estimate of drug-likeness (QED) is 0.396. The molecule has 0 aliphatic carbocycles. The van der Waals surface area contributed by atoms with Gasteiger partial charge in [-0.15, -0.1) is 0 Å². The average molecular weight is 429 g/mol. The predicted molar refractivity (Wildman–Crippen MR) is 123 cm³/mol. The second-order valence-corrected chi connectivity index (χ2v) is 8.76. The minimum Gasteiger partial charge on any atom is -0.478 e. The molecule has 32 heavy (non-hydrogen) atoms. The summed E-state index contributed by atoms with van der Waals surface area (Å²) in [6, 6.07) is 12.8. The Bertz CT molecular complexity index is 1380. The summed E-state index contributed by atoms with van der Waals surface area (Å²) in [4.78, 5) is 38.1. The van der Waals surface area contributed by atoms with Crippen LogP contribution in [0.4, 0.5) is 5.69 Å². The lowest BCUT2D eigenvalue weighted by atomic mass is 9.83. The van der Waals surface area contributed by atoms with Crippen molar-refractivity contribution in [3.63, 3.8) is 0 Å². The maximum Gasteiger partial charge on any atom is 0.335 e. The molecule has 1 unspecified atom stereocenters. The van der Waals surface area contributed by atoms with Crippen molar-refractivity contribution in [2.24, 2.45) is 5.92 Å². The van der Waals surface area contributed by atoms with Gasteiger partial charge in [-0.3, -0.25) is 4.79 Å². The first-order valence-corrected chi connectivity index (χ1v) is 10.9. The molecule has 2 aromatic heterocycles. The lowest BCUT2D eigenvalue weighted by Gasteiger charge is -2.45. The summed E-state index contributed by atoms with van der Waals surface area (Å²) in [5.41, 5.74) is 3.14. The second kappa shape index (κ2) is 7.20. The van der Waals surface area contributed by atoms with Gasteiger partial charge < -0.3 is 25.3 Å². The molecule has 0 saturated carbocycles. The summed E-state index contributed by atoms with van der Waals surface area (Å²) in [5, 5.41) is 13.9. The monoisotopic (exact) mass is 429 g/mol. The lowest BCUT2D eigenvalue weighted by molar-refractivity contribution is 0.0697. The average Bonchev–Trinajstić information content (AvgIpc) is 3.23. The molecule has 0 amide bonds. The first-order valence-electron chi connectivity index (χ1n) is 10.9. The van der Waals surface area contributed by atoms with Gasteiger partial charge in [-0.2, -0.15) is 0 Å². The Labute approximate surface area is 183 Å². The van der Waals surface area contributed by atoms with Crippen molar-refractivity contribution >= 4 is 33.6 Å². The molecule has 7 rings (SSSR count). The molecule has 3 saturated heterocycles. The van der Waals surface area contributed by atoms with Gasteiger partial charge in [0.25, 0.3) is 5.56 Å². The number of carbonyl (C=O) groups is 1. The Morgan fingerprint density at radius 1 is 1.09 bits per heavy atom. The standard InChI is InChI=1S/C24H23N5O3/c30-23-20(22-26-16-3-1-2-4-17(16)27-22)21(25-19-12-29-9-7-13(19)8-10-29)15-6-5-14(24(31)32)11-18(15)28-23/h1-6,11,13,19H,7-10,12H2,(H,26,27)(H,31,32)(H2,25,28,30). The molecule has 4 aromatic rings. The van der Waals surface area contributed by atoms with Gasteiger partial charge >= 0.3 is 5.97 Å². The highest BCUT2D eigenvalue weighted by Gasteiger charge is 2.35. The number of carboxylic acids is 1. The summed E-state index contributed by atoms with van der Waals surface area (Å²) in [5.74, 6) is 0.0256. The van der Waals surface area contributed by atoms with Gasteiger partial charge in [0, 0.05) is 18.0 Å². The van der Waals surface area contributed by atoms with Crippen molar-refractivity contribution in [1.82, 2.24) is 19.9 Å². The fraction of sp³-hybridized carbons (Fsp3) is 0.292. The van der Waals surface area contributed by atoms with E-state index in [1.165, 1.54) is 6.07 Å². The number of pyridine rings is 1. The Morgan fingerprint density at radius 2 is 1.91 bits per heavy atom. The van der Waals surface area contributed by atoms with Crippen molar-refractivity contribution < 1.29 is 9.90 Å². The molecule has 162 valence electrons. The van der Waals surface area contributed by atoms with E-state index < -0.39 is 5.97 Å². The number of aromatic nitrogens is 3. The number of fused-ring (bicyclic) bond motifs is 5. The number of nitrogens with zero attached hydrogens (tertiary/aromatic N) is 2. The van der Waals surface area contributed by atoms with Crippen LogP contribution in [0.1, 0.15) is 23.2 Å². The number of carboxylic acid groups (broad SMARTS) is 1. The Kier molecular flexibility index (Phi) is 4.29. The summed E-state index contributed by atoms with van der Waals surface area (Å²) in [7, 11) is 0. The van der Waals surface area contributed by atoms with Gasteiger partial charge in [-0.05, 0) is 62.2 Å². The third-order valence-electron chi connectivity index (χ3n) is 6.87. The van der Waals surface area contributed by atoms with Crippen molar-refractivity contribution in [2.45, 2.75) is 18.9 Å². The highest BCUT2D eigenvalue weighted by Crippen LogP contribution is 2.35. The third kappa shape index (κ3) is 3.06. The topological polar surface area (TPSA) is 114 Å². The van der Waals surface area contributed by atoms with Crippen LogP contribution in [0.25, 0.3) is 33.3 Å². The molecule has 8 nitrogen and oxygen atoms in total. The molecule has 0 radical (unpaired) electrons. The molecule has 0 spiro atoms. The number of aromatic amines is 2. The lowest BCUT2D eigenvalue weighted by Crippen LogP contribution is -2.53. The number of imidazole rings is 1. The zero-order chi connectivity index (χ0) is 21.8. The Balaban J connectivity index is 1.56. The van der Waals surface area contributed by atoms with E-state index in [1.807, 2.05) is 24.3 Å². The fourth-order valence-electron chi connectivity index (χ4n) is 5.19. The summed E-state index contributed by atoms with van der Waals surface area (Å²) in [6.45, 7) is 3.18. The predicted octanol–water partition coefficient (Wildman–Crippen LogP) is 3.28.